The van der Waals surface area contributed by atoms with Crippen LogP contribution < -0.4 is 16.2 Å². The third-order valence-corrected chi connectivity index (χ3v) is 5.91. The Hall–Kier alpha value is -2.54. The zero-order chi connectivity index (χ0) is 20.5. The minimum absolute atomic E-state index is 0.0879. The molecule has 3 N–H and O–H groups in total. The molecule has 7 nitrogen and oxygen atoms in total. The van der Waals surface area contributed by atoms with Gasteiger partial charge in [0.1, 0.15) is 12.0 Å². The van der Waals surface area contributed by atoms with Crippen molar-refractivity contribution in [3.05, 3.63) is 47.3 Å². The van der Waals surface area contributed by atoms with E-state index in [1.54, 1.807) is 0 Å². The van der Waals surface area contributed by atoms with Gasteiger partial charge in [-0.1, -0.05) is 37.6 Å². The Morgan fingerprint density at radius 1 is 1.31 bits per heavy atom. The van der Waals surface area contributed by atoms with Gasteiger partial charge in [-0.15, -0.1) is 0 Å². The van der Waals surface area contributed by atoms with E-state index in [2.05, 4.69) is 89.5 Å². The molecule has 0 radical (unpaired) electrons. The first-order valence-corrected chi connectivity index (χ1v) is 10.6. The van der Waals surface area contributed by atoms with Crippen LogP contribution in [-0.2, 0) is 4.79 Å². The van der Waals surface area contributed by atoms with Crippen molar-refractivity contribution in [3.8, 4) is 0 Å². The van der Waals surface area contributed by atoms with Gasteiger partial charge in [0.25, 0.3) is 0 Å². The second-order valence-electron chi connectivity index (χ2n) is 8.76. The van der Waals surface area contributed by atoms with Crippen molar-refractivity contribution in [1.29, 1.82) is 0 Å². The average Bonchev–Trinajstić information content (AvgIpc) is 3.30. The van der Waals surface area contributed by atoms with Gasteiger partial charge in [0.05, 0.1) is 12.1 Å². The second kappa shape index (κ2) is 8.06. The Morgan fingerprint density at radius 2 is 2.14 bits per heavy atom. The van der Waals surface area contributed by atoms with Gasteiger partial charge in [-0.2, -0.15) is 5.10 Å². The van der Waals surface area contributed by atoms with E-state index >= 15 is 0 Å². The van der Waals surface area contributed by atoms with Crippen LogP contribution in [-0.4, -0.2) is 40.4 Å². The highest BCUT2D eigenvalue weighted by Crippen LogP contribution is 2.35. The summed E-state index contributed by atoms with van der Waals surface area (Å²) in [5.41, 5.74) is 10.9. The molecular weight excluding hydrogens is 364 g/mol. The van der Waals surface area contributed by atoms with Gasteiger partial charge in [-0.3, -0.25) is 10.2 Å². The summed E-state index contributed by atoms with van der Waals surface area (Å²) in [6.45, 7) is 9.24. The van der Waals surface area contributed by atoms with Crippen molar-refractivity contribution in [2.24, 2.45) is 11.0 Å². The number of nitrogens with one attached hydrogen (secondary N) is 3. The number of benzene rings is 1. The molecule has 3 atom stereocenters. The normalized spacial score (nSPS) is 25.0. The summed E-state index contributed by atoms with van der Waals surface area (Å²) < 4.78 is 0. The predicted molar refractivity (Wildman–Crippen MR) is 114 cm³/mol. The predicted octanol–water partition coefficient (Wildman–Crippen LogP) is 2.51. The topological polar surface area (TPSA) is 72.0 Å². The molecule has 3 aliphatic heterocycles. The molecule has 1 amide bonds. The molecule has 4 rings (SSSR count). The lowest BCUT2D eigenvalue weighted by atomic mass is 9.95. The maximum Gasteiger partial charge on any atom is 0.220 e. The smallest absolute Gasteiger partial charge is 0.220 e. The van der Waals surface area contributed by atoms with E-state index in [1.165, 1.54) is 16.7 Å². The van der Waals surface area contributed by atoms with E-state index in [4.69, 9.17) is 0 Å². The van der Waals surface area contributed by atoms with Crippen LogP contribution in [0.4, 0.5) is 0 Å². The van der Waals surface area contributed by atoms with Crippen LogP contribution in [0.2, 0.25) is 0 Å². The number of hydrogen-bond donors (Lipinski definition) is 3. The Balaban J connectivity index is 1.38. The van der Waals surface area contributed by atoms with Crippen molar-refractivity contribution in [2.75, 3.05) is 6.54 Å². The number of rotatable bonds is 6. The van der Waals surface area contributed by atoms with E-state index in [-0.39, 0.29) is 24.2 Å². The Morgan fingerprint density at radius 3 is 2.93 bits per heavy atom. The number of hydrazine groups is 1. The highest BCUT2D eigenvalue weighted by atomic mass is 16.1. The number of amides is 1. The van der Waals surface area contributed by atoms with Crippen LogP contribution >= 0.6 is 0 Å². The third kappa shape index (κ3) is 4.10. The molecule has 1 saturated heterocycles. The highest BCUT2D eigenvalue weighted by Gasteiger charge is 2.44. The van der Waals surface area contributed by atoms with Gasteiger partial charge in [-0.25, -0.2) is 5.43 Å². The van der Waals surface area contributed by atoms with Crippen molar-refractivity contribution >= 4 is 11.7 Å². The molecule has 0 bridgehead atoms. The summed E-state index contributed by atoms with van der Waals surface area (Å²) >= 11 is 0. The SMILES string of the molecule is Cc1ccc(C)c(C2CC3C4NN=C(CCC(=O)NCC(C)C)N4C=CN3N2)c1. The number of nitrogens with zero attached hydrogens (tertiary/aromatic N) is 3. The van der Waals surface area contributed by atoms with Crippen molar-refractivity contribution in [1.82, 2.24) is 26.1 Å². The second-order valence-corrected chi connectivity index (χ2v) is 8.76. The third-order valence-electron chi connectivity index (χ3n) is 5.91. The average molecular weight is 397 g/mol. The molecule has 1 aromatic carbocycles. The van der Waals surface area contributed by atoms with Crippen LogP contribution in [0, 0.1) is 19.8 Å². The summed E-state index contributed by atoms with van der Waals surface area (Å²) in [6.07, 6.45) is 6.34. The van der Waals surface area contributed by atoms with Crippen molar-refractivity contribution < 1.29 is 4.79 Å². The molecule has 3 aliphatic rings. The minimum atomic E-state index is 0.0879. The fourth-order valence-electron chi connectivity index (χ4n) is 4.28. The molecule has 0 aliphatic carbocycles. The molecule has 0 aromatic heterocycles. The van der Waals surface area contributed by atoms with E-state index in [1.807, 2.05) is 0 Å². The van der Waals surface area contributed by atoms with E-state index in [0.717, 1.165) is 18.8 Å². The molecule has 3 heterocycles. The Kier molecular flexibility index (Phi) is 5.50. The number of amidine groups is 1. The lowest BCUT2D eigenvalue weighted by Crippen LogP contribution is -2.54. The van der Waals surface area contributed by atoms with Crippen LogP contribution in [0.1, 0.15) is 55.8 Å². The maximum atomic E-state index is 12.1. The first-order chi connectivity index (χ1) is 13.9. The summed E-state index contributed by atoms with van der Waals surface area (Å²) in [5.74, 6) is 1.48. The first-order valence-electron chi connectivity index (χ1n) is 10.6. The van der Waals surface area contributed by atoms with Gasteiger partial charge >= 0.3 is 0 Å². The number of hydrazone groups is 1. The lowest BCUT2D eigenvalue weighted by molar-refractivity contribution is -0.121. The van der Waals surface area contributed by atoms with E-state index < -0.39 is 0 Å². The van der Waals surface area contributed by atoms with E-state index in [9.17, 15) is 4.79 Å². The molecule has 1 aromatic rings. The fraction of sp³-hybridized carbons (Fsp3) is 0.545. The maximum absolute atomic E-state index is 12.1. The molecule has 29 heavy (non-hydrogen) atoms. The lowest BCUT2D eigenvalue weighted by Gasteiger charge is -2.37. The summed E-state index contributed by atoms with van der Waals surface area (Å²) in [7, 11) is 0. The first kappa shape index (κ1) is 19.8. The summed E-state index contributed by atoms with van der Waals surface area (Å²) in [4.78, 5) is 14.2. The molecule has 156 valence electrons. The van der Waals surface area contributed by atoms with Gasteiger partial charge in [0.15, 0.2) is 0 Å². The van der Waals surface area contributed by atoms with Crippen LogP contribution in [0.5, 0.6) is 0 Å². The zero-order valence-corrected chi connectivity index (χ0v) is 17.8. The number of carbonyl (C=O) groups is 1. The summed E-state index contributed by atoms with van der Waals surface area (Å²) in [6, 6.07) is 7.22. The van der Waals surface area contributed by atoms with Crippen LogP contribution in [0.25, 0.3) is 0 Å². The van der Waals surface area contributed by atoms with Gasteiger partial charge in [-0.05, 0) is 37.3 Å². The number of hydrogen-bond acceptors (Lipinski definition) is 6. The quantitative estimate of drug-likeness (QED) is 0.689. The van der Waals surface area contributed by atoms with Crippen LogP contribution in [0.3, 0.4) is 0 Å². The van der Waals surface area contributed by atoms with Crippen molar-refractivity contribution in [2.45, 2.75) is 65.2 Å². The monoisotopic (exact) mass is 396 g/mol. The van der Waals surface area contributed by atoms with Gasteiger partial charge < -0.3 is 15.2 Å². The standard InChI is InChI=1S/C22H32N6O/c1-14(2)13-23-21(29)8-7-20-24-25-22-19-12-18(26-28(19)10-9-27(20)22)17-11-15(3)5-6-16(17)4/h5-6,9-11,14,18-19,22,25-26H,7-8,12-13H2,1-4H3,(H,23,29). The molecular formula is C22H32N6O. The number of carbonyl (C=O) groups excluding carboxylic acids is 1. The summed E-state index contributed by atoms with van der Waals surface area (Å²) in [5, 5.41) is 9.73. The Labute approximate surface area is 173 Å². The van der Waals surface area contributed by atoms with Gasteiger partial charge in [0.2, 0.25) is 5.91 Å². The molecule has 0 spiro atoms. The highest BCUT2D eigenvalue weighted by molar-refractivity contribution is 5.89. The molecule has 1 fully saturated rings. The Bertz CT molecular complexity index is 833. The van der Waals surface area contributed by atoms with E-state index in [0.29, 0.717) is 18.8 Å². The molecule has 3 unspecified atom stereocenters. The molecule has 7 heteroatoms. The zero-order valence-electron chi connectivity index (χ0n) is 17.8. The van der Waals surface area contributed by atoms with Crippen molar-refractivity contribution in [3.63, 3.8) is 0 Å². The largest absolute Gasteiger partial charge is 0.356 e. The number of aryl methyl sites for hydroxylation is 2. The van der Waals surface area contributed by atoms with Gasteiger partial charge in [0, 0.05) is 31.8 Å². The molecule has 0 saturated carbocycles. The fourth-order valence-corrected chi connectivity index (χ4v) is 4.28. The number of fused-ring (bicyclic) bond motifs is 3. The minimum Gasteiger partial charge on any atom is -0.356 e. The van der Waals surface area contributed by atoms with Crippen LogP contribution in [0.15, 0.2) is 35.7 Å².